The van der Waals surface area contributed by atoms with Crippen LogP contribution < -0.4 is 11.2 Å². The number of carbonyl (C=O) groups is 1. The zero-order valence-corrected chi connectivity index (χ0v) is 11.3. The van der Waals surface area contributed by atoms with Crippen molar-refractivity contribution in [3.63, 3.8) is 0 Å². The lowest BCUT2D eigenvalue weighted by Gasteiger charge is -2.02. The van der Waals surface area contributed by atoms with E-state index < -0.39 is 6.03 Å². The van der Waals surface area contributed by atoms with Gasteiger partial charge >= 0.3 is 6.03 Å². The number of nitrogens with one attached hydrogen (secondary N) is 1. The fourth-order valence-electron chi connectivity index (χ4n) is 1.64. The minimum absolute atomic E-state index is 0.488. The molecule has 0 radical (unpaired) electrons. The first-order valence-corrected chi connectivity index (χ1v) is 6.29. The Labute approximate surface area is 121 Å². The van der Waals surface area contributed by atoms with Crippen LogP contribution in [0.5, 0.6) is 0 Å². The van der Waals surface area contributed by atoms with Crippen LogP contribution in [0.4, 0.5) is 4.79 Å². The summed E-state index contributed by atoms with van der Waals surface area (Å²) in [6.45, 7) is 0. The van der Waals surface area contributed by atoms with Gasteiger partial charge in [0, 0.05) is 6.20 Å². The normalized spacial score (nSPS) is 10.7. The quantitative estimate of drug-likeness (QED) is 0.514. The summed E-state index contributed by atoms with van der Waals surface area (Å²) in [7, 11) is 0. The molecule has 2 amide bonds. The minimum Gasteiger partial charge on any atom is -0.350 e. The number of hydrazone groups is 1. The fraction of sp³-hybridized carbons (Fsp3) is 0.0714. The average Bonchev–Trinajstić information content (AvgIpc) is 2.43. The number of hydrogen-bond donors (Lipinski definition) is 2. The molecule has 0 aliphatic heterocycles. The fourth-order valence-corrected chi connectivity index (χ4v) is 1.75. The first kappa shape index (κ1) is 14.0. The minimum atomic E-state index is -0.687. The molecule has 0 atom stereocenters. The summed E-state index contributed by atoms with van der Waals surface area (Å²) < 4.78 is 0. The predicted molar refractivity (Wildman–Crippen MR) is 78.8 cm³/mol. The second-order valence-corrected chi connectivity index (χ2v) is 4.53. The molecule has 1 aromatic heterocycles. The van der Waals surface area contributed by atoms with Crippen molar-refractivity contribution in [2.75, 3.05) is 0 Å². The number of primary amides is 1. The number of benzene rings is 1. The van der Waals surface area contributed by atoms with Crippen molar-refractivity contribution in [1.29, 1.82) is 0 Å². The van der Waals surface area contributed by atoms with E-state index in [4.69, 9.17) is 17.3 Å². The summed E-state index contributed by atoms with van der Waals surface area (Å²) in [6, 6.07) is 10.8. The molecule has 20 heavy (non-hydrogen) atoms. The van der Waals surface area contributed by atoms with E-state index in [2.05, 4.69) is 15.5 Å². The highest BCUT2D eigenvalue weighted by Crippen LogP contribution is 2.11. The largest absolute Gasteiger partial charge is 0.350 e. The number of carbonyl (C=O) groups excluding carboxylic acids is 1. The first-order valence-electron chi connectivity index (χ1n) is 5.91. The molecule has 102 valence electrons. The summed E-state index contributed by atoms with van der Waals surface area (Å²) in [5.41, 5.74) is 10.1. The highest BCUT2D eigenvalue weighted by molar-refractivity contribution is 6.29. The van der Waals surface area contributed by atoms with Gasteiger partial charge in [-0.1, -0.05) is 41.9 Å². The maximum atomic E-state index is 10.5. The molecule has 0 saturated heterocycles. The van der Waals surface area contributed by atoms with Crippen LogP contribution in [0.3, 0.4) is 0 Å². The van der Waals surface area contributed by atoms with Crippen molar-refractivity contribution in [2.24, 2.45) is 10.8 Å². The lowest BCUT2D eigenvalue weighted by atomic mass is 10.1. The van der Waals surface area contributed by atoms with Gasteiger partial charge in [-0.15, -0.1) is 0 Å². The molecule has 1 heterocycles. The van der Waals surface area contributed by atoms with E-state index in [1.165, 1.54) is 6.21 Å². The summed E-state index contributed by atoms with van der Waals surface area (Å²) in [5, 5.41) is 4.18. The van der Waals surface area contributed by atoms with Crippen molar-refractivity contribution < 1.29 is 4.79 Å². The average molecular weight is 289 g/mol. The van der Waals surface area contributed by atoms with Crippen molar-refractivity contribution in [3.05, 3.63) is 64.4 Å². The van der Waals surface area contributed by atoms with Gasteiger partial charge in [0.15, 0.2) is 0 Å². The summed E-state index contributed by atoms with van der Waals surface area (Å²) >= 11 is 5.74. The molecule has 0 fully saturated rings. The Morgan fingerprint density at radius 1 is 1.25 bits per heavy atom. The molecule has 2 aromatic rings. The molecule has 0 bridgehead atoms. The van der Waals surface area contributed by atoms with Gasteiger partial charge in [0.25, 0.3) is 0 Å². The zero-order valence-electron chi connectivity index (χ0n) is 10.6. The van der Waals surface area contributed by atoms with Gasteiger partial charge in [-0.25, -0.2) is 15.2 Å². The van der Waals surface area contributed by atoms with E-state index >= 15 is 0 Å². The molecule has 0 aliphatic carbocycles. The van der Waals surface area contributed by atoms with Gasteiger partial charge in [-0.3, -0.25) is 0 Å². The predicted octanol–water partition coefficient (Wildman–Crippen LogP) is 2.33. The maximum Gasteiger partial charge on any atom is 0.332 e. The van der Waals surface area contributed by atoms with Crippen molar-refractivity contribution in [2.45, 2.75) is 6.42 Å². The summed E-state index contributed by atoms with van der Waals surface area (Å²) in [4.78, 5) is 14.5. The van der Waals surface area contributed by atoms with E-state index in [0.717, 1.165) is 23.1 Å². The Kier molecular flexibility index (Phi) is 4.68. The molecule has 0 unspecified atom stereocenters. The van der Waals surface area contributed by atoms with Crippen LogP contribution in [0.2, 0.25) is 5.15 Å². The molecule has 5 nitrogen and oxygen atoms in total. The van der Waals surface area contributed by atoms with E-state index in [0.29, 0.717) is 5.15 Å². The number of hydrogen-bond acceptors (Lipinski definition) is 3. The van der Waals surface area contributed by atoms with Crippen LogP contribution in [0.25, 0.3) is 0 Å². The highest BCUT2D eigenvalue weighted by Gasteiger charge is 1.98. The molecule has 1 aromatic carbocycles. The first-order chi connectivity index (χ1) is 9.63. The number of halogens is 1. The number of nitrogens with zero attached hydrogens (tertiary/aromatic N) is 2. The molecular formula is C14H13ClN4O. The third-order valence-corrected chi connectivity index (χ3v) is 2.79. The summed E-state index contributed by atoms with van der Waals surface area (Å²) in [5.74, 6) is 0. The topological polar surface area (TPSA) is 80.4 Å². The van der Waals surface area contributed by atoms with Gasteiger partial charge in [-0.2, -0.15) is 5.10 Å². The Morgan fingerprint density at radius 3 is 2.55 bits per heavy atom. The van der Waals surface area contributed by atoms with E-state index in [-0.39, 0.29) is 0 Å². The van der Waals surface area contributed by atoms with E-state index in [1.54, 1.807) is 12.3 Å². The SMILES string of the molecule is NC(=O)NN=Cc1ccc(Cc2ccc(Cl)nc2)cc1. The van der Waals surface area contributed by atoms with E-state index in [1.807, 2.05) is 30.3 Å². The lowest BCUT2D eigenvalue weighted by molar-refractivity contribution is 0.249. The lowest BCUT2D eigenvalue weighted by Crippen LogP contribution is -2.24. The monoisotopic (exact) mass is 288 g/mol. The zero-order chi connectivity index (χ0) is 14.4. The number of nitrogens with two attached hydrogens (primary N) is 1. The van der Waals surface area contributed by atoms with Crippen LogP contribution in [-0.4, -0.2) is 17.2 Å². The third-order valence-electron chi connectivity index (χ3n) is 2.56. The van der Waals surface area contributed by atoms with Gasteiger partial charge in [0.2, 0.25) is 0 Å². The number of rotatable bonds is 4. The van der Waals surface area contributed by atoms with Crippen LogP contribution >= 0.6 is 11.6 Å². The van der Waals surface area contributed by atoms with Gasteiger partial charge < -0.3 is 5.73 Å². The van der Waals surface area contributed by atoms with Crippen LogP contribution in [-0.2, 0) is 6.42 Å². The Morgan fingerprint density at radius 2 is 1.95 bits per heavy atom. The van der Waals surface area contributed by atoms with E-state index in [9.17, 15) is 4.79 Å². The van der Waals surface area contributed by atoms with Crippen LogP contribution in [0.1, 0.15) is 16.7 Å². The maximum absolute atomic E-state index is 10.5. The van der Waals surface area contributed by atoms with Crippen molar-refractivity contribution in [1.82, 2.24) is 10.4 Å². The number of urea groups is 1. The second kappa shape index (κ2) is 6.68. The van der Waals surface area contributed by atoms with Gasteiger partial charge in [0.1, 0.15) is 5.15 Å². The van der Waals surface area contributed by atoms with Crippen LogP contribution in [0, 0.1) is 0 Å². The van der Waals surface area contributed by atoms with Crippen molar-refractivity contribution >= 4 is 23.8 Å². The third kappa shape index (κ3) is 4.37. The molecular weight excluding hydrogens is 276 g/mol. The second-order valence-electron chi connectivity index (χ2n) is 4.14. The van der Waals surface area contributed by atoms with Crippen LogP contribution in [0.15, 0.2) is 47.7 Å². The standard InChI is InChI=1S/C14H13ClN4O/c15-13-6-5-12(8-17-13)7-10-1-3-11(4-2-10)9-18-19-14(16)20/h1-6,8-9H,7H2,(H3,16,19,20). The molecule has 0 aliphatic rings. The van der Waals surface area contributed by atoms with Crippen molar-refractivity contribution in [3.8, 4) is 0 Å². The Hall–Kier alpha value is -2.40. The molecule has 6 heteroatoms. The highest BCUT2D eigenvalue weighted by atomic mass is 35.5. The number of aromatic nitrogens is 1. The van der Waals surface area contributed by atoms with Gasteiger partial charge in [-0.05, 0) is 29.2 Å². The molecule has 0 spiro atoms. The molecule has 0 saturated carbocycles. The smallest absolute Gasteiger partial charge is 0.332 e. The number of pyridine rings is 1. The number of amides is 2. The van der Waals surface area contributed by atoms with Gasteiger partial charge in [0.05, 0.1) is 6.21 Å². The molecule has 2 rings (SSSR count). The summed E-state index contributed by atoms with van der Waals surface area (Å²) in [6.07, 6.45) is 4.06. The Bertz CT molecular complexity index is 608. The Balaban J connectivity index is 1.99. The molecule has 3 N–H and O–H groups in total.